The fourth-order valence-corrected chi connectivity index (χ4v) is 5.84. The number of hydrogen-bond donors (Lipinski definition) is 3. The first-order chi connectivity index (χ1) is 21.2. The molecule has 6 heteroatoms. The molecule has 0 aromatic heterocycles. The number of aromatic hydroxyl groups is 2. The van der Waals surface area contributed by atoms with Gasteiger partial charge in [-0.25, -0.2) is 0 Å². The zero-order valence-electron chi connectivity index (χ0n) is 26.4. The fraction of sp³-hybridized carbons (Fsp3) is 0.342. The number of rotatable bonds is 15. The molecule has 4 rings (SSSR count). The van der Waals surface area contributed by atoms with Gasteiger partial charge in [0, 0.05) is 42.1 Å². The van der Waals surface area contributed by atoms with Gasteiger partial charge in [0.15, 0.2) is 0 Å². The number of hydrogen-bond acceptors (Lipinski definition) is 5. The molecule has 1 unspecified atom stereocenters. The van der Waals surface area contributed by atoms with Gasteiger partial charge >= 0.3 is 0 Å². The van der Waals surface area contributed by atoms with Gasteiger partial charge in [-0.2, -0.15) is 0 Å². The highest BCUT2D eigenvalue weighted by Crippen LogP contribution is 2.37. The van der Waals surface area contributed by atoms with Crippen LogP contribution in [0.25, 0.3) is 0 Å². The van der Waals surface area contributed by atoms with Gasteiger partial charge in [-0.3, -0.25) is 9.69 Å². The summed E-state index contributed by atoms with van der Waals surface area (Å²) in [6.45, 7) is 10.9. The van der Waals surface area contributed by atoms with Crippen molar-refractivity contribution >= 4 is 5.91 Å². The molecule has 44 heavy (non-hydrogen) atoms. The van der Waals surface area contributed by atoms with Crippen LogP contribution in [-0.2, 0) is 12.8 Å². The van der Waals surface area contributed by atoms with Crippen molar-refractivity contribution in [3.05, 3.63) is 125 Å². The quantitative estimate of drug-likeness (QED) is 0.134. The third kappa shape index (κ3) is 9.10. The summed E-state index contributed by atoms with van der Waals surface area (Å²) in [5.41, 5.74) is 4.91. The monoisotopic (exact) mass is 594 g/mol. The Morgan fingerprint density at radius 1 is 0.795 bits per heavy atom. The molecule has 0 bridgehead atoms. The Morgan fingerprint density at radius 2 is 1.48 bits per heavy atom. The van der Waals surface area contributed by atoms with Crippen molar-refractivity contribution in [2.75, 3.05) is 19.7 Å². The van der Waals surface area contributed by atoms with Crippen LogP contribution in [0.3, 0.4) is 0 Å². The number of nitrogens with one attached hydrogen (secondary N) is 1. The second-order valence-electron chi connectivity index (χ2n) is 11.8. The number of ether oxygens (including phenoxy) is 1. The Bertz CT molecular complexity index is 1440. The Hall–Kier alpha value is -4.29. The van der Waals surface area contributed by atoms with Crippen molar-refractivity contribution in [2.45, 2.75) is 65.0 Å². The number of carbonyl (C=O) groups excluding carboxylic acids is 1. The van der Waals surface area contributed by atoms with Crippen molar-refractivity contribution < 1.29 is 19.7 Å². The van der Waals surface area contributed by atoms with Gasteiger partial charge in [-0.15, -0.1) is 0 Å². The van der Waals surface area contributed by atoms with E-state index in [-0.39, 0.29) is 17.6 Å². The molecule has 1 atom stereocenters. The molecule has 4 aromatic carbocycles. The fourth-order valence-electron chi connectivity index (χ4n) is 5.84. The molecule has 3 N–H and O–H groups in total. The molecule has 1 amide bonds. The second-order valence-corrected chi connectivity index (χ2v) is 11.8. The highest BCUT2D eigenvalue weighted by molar-refractivity contribution is 5.94. The van der Waals surface area contributed by atoms with E-state index in [9.17, 15) is 15.0 Å². The van der Waals surface area contributed by atoms with Crippen LogP contribution in [0.15, 0.2) is 97.1 Å². The largest absolute Gasteiger partial charge is 0.508 e. The zero-order chi connectivity index (χ0) is 31.5. The molecule has 0 fully saturated rings. The molecule has 232 valence electrons. The summed E-state index contributed by atoms with van der Waals surface area (Å²) in [4.78, 5) is 14.8. The average molecular weight is 595 g/mol. The van der Waals surface area contributed by atoms with E-state index in [1.165, 1.54) is 17.7 Å². The summed E-state index contributed by atoms with van der Waals surface area (Å²) >= 11 is 0. The smallest absolute Gasteiger partial charge is 0.251 e. The van der Waals surface area contributed by atoms with E-state index >= 15 is 0 Å². The van der Waals surface area contributed by atoms with Crippen molar-refractivity contribution in [1.82, 2.24) is 10.2 Å². The summed E-state index contributed by atoms with van der Waals surface area (Å²) in [6.07, 6.45) is 2.28. The SMILES string of the molecule is CC(C)N(CCC(c1ccccc1)c1c(O)cccc1CCOc1ccc(CCNC(=O)c2ccc(O)cc2)cc1)C(C)C. The highest BCUT2D eigenvalue weighted by atomic mass is 16.5. The lowest BCUT2D eigenvalue weighted by molar-refractivity contribution is 0.0954. The maximum atomic E-state index is 12.3. The first-order valence-electron chi connectivity index (χ1n) is 15.6. The highest BCUT2D eigenvalue weighted by Gasteiger charge is 2.23. The van der Waals surface area contributed by atoms with Crippen LogP contribution in [-0.4, -0.2) is 52.8 Å². The van der Waals surface area contributed by atoms with Gasteiger partial charge in [-0.1, -0.05) is 54.6 Å². The van der Waals surface area contributed by atoms with Gasteiger partial charge in [0.2, 0.25) is 0 Å². The molecule has 0 saturated carbocycles. The van der Waals surface area contributed by atoms with E-state index < -0.39 is 0 Å². The van der Waals surface area contributed by atoms with Crippen LogP contribution in [0.5, 0.6) is 17.2 Å². The molecule has 0 heterocycles. The van der Waals surface area contributed by atoms with Crippen LogP contribution >= 0.6 is 0 Å². The van der Waals surface area contributed by atoms with Crippen LogP contribution in [0.1, 0.15) is 72.6 Å². The minimum atomic E-state index is -0.164. The maximum Gasteiger partial charge on any atom is 0.251 e. The van der Waals surface area contributed by atoms with E-state index in [4.69, 9.17) is 4.74 Å². The number of amides is 1. The molecular weight excluding hydrogens is 548 g/mol. The minimum Gasteiger partial charge on any atom is -0.508 e. The maximum absolute atomic E-state index is 12.3. The molecule has 0 radical (unpaired) electrons. The zero-order valence-corrected chi connectivity index (χ0v) is 26.4. The summed E-state index contributed by atoms with van der Waals surface area (Å²) < 4.78 is 6.14. The molecule has 4 aromatic rings. The van der Waals surface area contributed by atoms with Crippen LogP contribution in [0.4, 0.5) is 0 Å². The Labute approximate surface area is 262 Å². The van der Waals surface area contributed by atoms with E-state index in [0.717, 1.165) is 35.4 Å². The standard InChI is InChI=1S/C38H46N2O4/c1-27(2)40(28(3)4)25-22-35(30-9-6-5-7-10-30)37-31(11-8-12-36(37)42)23-26-44-34-19-13-29(14-20-34)21-24-39-38(43)32-15-17-33(41)18-16-32/h5-20,27-28,35,41-42H,21-26H2,1-4H3,(H,39,43). The van der Waals surface area contributed by atoms with Gasteiger partial charge < -0.3 is 20.3 Å². The lowest BCUT2D eigenvalue weighted by atomic mass is 9.84. The second kappa shape index (κ2) is 16.0. The predicted octanol–water partition coefficient (Wildman–Crippen LogP) is 7.33. The van der Waals surface area contributed by atoms with Crippen LogP contribution in [0.2, 0.25) is 0 Å². The first-order valence-corrected chi connectivity index (χ1v) is 15.6. The van der Waals surface area contributed by atoms with Crippen molar-refractivity contribution in [3.63, 3.8) is 0 Å². The normalized spacial score (nSPS) is 12.1. The molecule has 0 aliphatic carbocycles. The van der Waals surface area contributed by atoms with Crippen molar-refractivity contribution in [1.29, 1.82) is 0 Å². The lowest BCUT2D eigenvalue weighted by Gasteiger charge is -2.32. The number of phenols is 2. The summed E-state index contributed by atoms with van der Waals surface area (Å²) in [7, 11) is 0. The van der Waals surface area contributed by atoms with E-state index in [1.807, 2.05) is 36.4 Å². The van der Waals surface area contributed by atoms with Crippen molar-refractivity contribution in [2.24, 2.45) is 0 Å². The minimum absolute atomic E-state index is 0.0706. The number of carbonyl (C=O) groups is 1. The third-order valence-corrected chi connectivity index (χ3v) is 8.12. The first kappa shape index (κ1) is 32.6. The molecule has 0 aliphatic rings. The number of nitrogens with zero attached hydrogens (tertiary/aromatic N) is 1. The molecule has 0 saturated heterocycles. The Morgan fingerprint density at radius 3 is 2.14 bits per heavy atom. The average Bonchev–Trinajstić information content (AvgIpc) is 3.01. The third-order valence-electron chi connectivity index (χ3n) is 8.12. The van der Waals surface area contributed by atoms with E-state index in [1.54, 1.807) is 18.2 Å². The van der Waals surface area contributed by atoms with Crippen molar-refractivity contribution in [3.8, 4) is 17.2 Å². The summed E-state index contributed by atoms with van der Waals surface area (Å²) in [5, 5.41) is 23.5. The molecule has 0 spiro atoms. The van der Waals surface area contributed by atoms with Crippen LogP contribution < -0.4 is 10.1 Å². The molecular formula is C38H46N2O4. The van der Waals surface area contributed by atoms with E-state index in [2.05, 4.69) is 68.2 Å². The van der Waals surface area contributed by atoms with Crippen LogP contribution in [0, 0.1) is 0 Å². The summed E-state index contributed by atoms with van der Waals surface area (Å²) in [6, 6.07) is 31.4. The topological polar surface area (TPSA) is 82.0 Å². The van der Waals surface area contributed by atoms with E-state index in [0.29, 0.717) is 49.4 Å². The number of phenolic OH excluding ortho intramolecular Hbond substituents is 2. The number of benzene rings is 4. The van der Waals surface area contributed by atoms with Gasteiger partial charge in [0.1, 0.15) is 17.2 Å². The Kier molecular flexibility index (Phi) is 11.8. The molecule has 6 nitrogen and oxygen atoms in total. The summed E-state index contributed by atoms with van der Waals surface area (Å²) in [5.74, 6) is 1.16. The van der Waals surface area contributed by atoms with Gasteiger partial charge in [0.25, 0.3) is 5.91 Å². The molecule has 0 aliphatic heterocycles. The van der Waals surface area contributed by atoms with Gasteiger partial charge in [-0.05, 0) is 106 Å². The lowest BCUT2D eigenvalue weighted by Crippen LogP contribution is -2.38. The van der Waals surface area contributed by atoms with Gasteiger partial charge in [0.05, 0.1) is 6.61 Å². The predicted molar refractivity (Wildman–Crippen MR) is 178 cm³/mol. The Balaban J connectivity index is 1.37.